The van der Waals surface area contributed by atoms with Gasteiger partial charge in [-0.05, 0) is 116 Å². The van der Waals surface area contributed by atoms with Crippen LogP contribution in [0.2, 0.25) is 0 Å². The number of nitrogens with two attached hydrogens (primary N) is 1. The van der Waals surface area contributed by atoms with Crippen LogP contribution in [0.3, 0.4) is 0 Å². The number of halogens is 2. The van der Waals surface area contributed by atoms with Gasteiger partial charge in [0.05, 0.1) is 23.1 Å². The van der Waals surface area contributed by atoms with Crippen LogP contribution >= 0.6 is 22.6 Å². The van der Waals surface area contributed by atoms with Gasteiger partial charge >= 0.3 is 0 Å². The molecule has 9 nitrogen and oxygen atoms in total. The largest absolute Gasteiger partial charge is 0.492 e. The first-order valence-electron chi connectivity index (χ1n) is 14.8. The summed E-state index contributed by atoms with van der Waals surface area (Å²) in [6, 6.07) is 14.5. The molecule has 0 radical (unpaired) electrons. The Labute approximate surface area is 275 Å². The molecule has 0 unspecified atom stereocenters. The zero-order valence-electron chi connectivity index (χ0n) is 25.2. The molecule has 6 rings (SSSR count). The molecule has 4 heterocycles. The molecule has 232 valence electrons. The van der Waals surface area contributed by atoms with Gasteiger partial charge in [0.1, 0.15) is 35.8 Å². The Morgan fingerprint density at radius 1 is 1.00 bits per heavy atom. The lowest BCUT2D eigenvalue weighted by Gasteiger charge is -2.24. The van der Waals surface area contributed by atoms with Gasteiger partial charge in [-0.25, -0.2) is 9.37 Å². The molecule has 0 saturated carbocycles. The number of pyridine rings is 2. The number of fused-ring (bicyclic) bond motifs is 1. The number of aromatic amines is 1. The van der Waals surface area contributed by atoms with E-state index < -0.39 is 5.82 Å². The van der Waals surface area contributed by atoms with Crippen LogP contribution < -0.4 is 20.5 Å². The lowest BCUT2D eigenvalue weighted by Crippen LogP contribution is -2.34. The molecule has 3 aromatic heterocycles. The summed E-state index contributed by atoms with van der Waals surface area (Å²) in [6.07, 6.45) is 7.23. The Morgan fingerprint density at radius 2 is 1.80 bits per heavy atom. The summed E-state index contributed by atoms with van der Waals surface area (Å²) in [5, 5.41) is 13.3. The third kappa shape index (κ3) is 7.26. The number of ether oxygens (including phenoxy) is 2. The van der Waals surface area contributed by atoms with E-state index in [1.807, 2.05) is 49.3 Å². The van der Waals surface area contributed by atoms with Gasteiger partial charge in [-0.2, -0.15) is 0 Å². The Morgan fingerprint density at radius 3 is 2.60 bits per heavy atom. The maximum absolute atomic E-state index is 14.7. The SMILES string of the molecule is CN(C)CCOc1cc(F)cc(-c2cncc3[nH]c(C(=N)c4cc(-c5cc(I)cc(OC6CCNCC6)c5)cnc4N)cc23)c1. The summed E-state index contributed by atoms with van der Waals surface area (Å²) in [5.74, 6) is 1.12. The van der Waals surface area contributed by atoms with Gasteiger partial charge in [0.25, 0.3) is 0 Å². The smallest absolute Gasteiger partial charge is 0.132 e. The number of benzene rings is 2. The van der Waals surface area contributed by atoms with E-state index >= 15 is 0 Å². The number of nitrogen functional groups attached to an aromatic ring is 1. The topological polar surface area (TPSA) is 125 Å². The van der Waals surface area contributed by atoms with Crippen molar-refractivity contribution in [2.75, 3.05) is 46.1 Å². The maximum Gasteiger partial charge on any atom is 0.132 e. The number of piperidine rings is 1. The van der Waals surface area contributed by atoms with Gasteiger partial charge in [-0.15, -0.1) is 0 Å². The first-order valence-corrected chi connectivity index (χ1v) is 15.9. The number of nitrogens with zero attached hydrogens (tertiary/aromatic N) is 3. The molecular weight excluding hydrogens is 684 g/mol. The predicted molar refractivity (Wildman–Crippen MR) is 185 cm³/mol. The van der Waals surface area contributed by atoms with Gasteiger partial charge in [0.2, 0.25) is 0 Å². The van der Waals surface area contributed by atoms with Crippen molar-refractivity contribution < 1.29 is 13.9 Å². The van der Waals surface area contributed by atoms with Crippen LogP contribution in [0.4, 0.5) is 10.2 Å². The van der Waals surface area contributed by atoms with Gasteiger partial charge in [-0.3, -0.25) is 10.4 Å². The summed E-state index contributed by atoms with van der Waals surface area (Å²) >= 11 is 2.29. The highest BCUT2D eigenvalue weighted by molar-refractivity contribution is 14.1. The Balaban J connectivity index is 1.30. The number of aromatic nitrogens is 3. The minimum Gasteiger partial charge on any atom is -0.492 e. The molecule has 0 amide bonds. The fourth-order valence-electron chi connectivity index (χ4n) is 5.45. The van der Waals surface area contributed by atoms with E-state index in [9.17, 15) is 4.39 Å². The predicted octanol–water partition coefficient (Wildman–Crippen LogP) is 6.11. The second-order valence-electron chi connectivity index (χ2n) is 11.4. The molecule has 0 bridgehead atoms. The Bertz CT molecular complexity index is 1850. The fraction of sp³-hybridized carbons (Fsp3) is 0.265. The van der Waals surface area contributed by atoms with Crippen LogP contribution in [0, 0.1) is 14.8 Å². The number of H-pyrrole nitrogens is 1. The monoisotopic (exact) mass is 719 g/mol. The Kier molecular flexibility index (Phi) is 9.29. The second-order valence-corrected chi connectivity index (χ2v) is 12.7. The molecule has 5 aromatic rings. The third-order valence-corrected chi connectivity index (χ3v) is 8.41. The molecule has 0 spiro atoms. The van der Waals surface area contributed by atoms with E-state index in [0.717, 1.165) is 57.3 Å². The van der Waals surface area contributed by atoms with E-state index in [1.54, 1.807) is 18.6 Å². The van der Waals surface area contributed by atoms with Crippen LogP contribution in [0.15, 0.2) is 67.1 Å². The van der Waals surface area contributed by atoms with Crippen molar-refractivity contribution in [3.63, 3.8) is 0 Å². The first kappa shape index (κ1) is 30.9. The summed E-state index contributed by atoms with van der Waals surface area (Å²) in [4.78, 5) is 14.1. The van der Waals surface area contributed by atoms with Crippen LogP contribution in [0.5, 0.6) is 11.5 Å². The average Bonchev–Trinajstić information content (AvgIpc) is 3.45. The molecule has 1 fully saturated rings. The van der Waals surface area contributed by atoms with Crippen molar-refractivity contribution in [2.24, 2.45) is 0 Å². The fourth-order valence-corrected chi connectivity index (χ4v) is 6.09. The van der Waals surface area contributed by atoms with Gasteiger partial charge in [0.15, 0.2) is 0 Å². The second kappa shape index (κ2) is 13.5. The van der Waals surface area contributed by atoms with Crippen LogP contribution in [0.25, 0.3) is 33.2 Å². The summed E-state index contributed by atoms with van der Waals surface area (Å²) in [7, 11) is 3.91. The van der Waals surface area contributed by atoms with Crippen LogP contribution in [0.1, 0.15) is 24.1 Å². The number of anilines is 1. The standard InChI is InChI=1S/C34H35FIN7O2/c1-43(2)7-8-44-26-12-21(9-23(35)14-26)30-18-40-19-32-28(30)16-31(42-32)33(37)29-13-22(17-41-34(29)38)20-10-24(36)15-27(11-20)45-25-3-5-39-6-4-25/h9-19,25,37,39,42H,3-8H2,1-2H3,(H2,38,41). The molecule has 2 aromatic carbocycles. The highest BCUT2D eigenvalue weighted by Gasteiger charge is 2.18. The molecule has 0 atom stereocenters. The normalized spacial score (nSPS) is 13.8. The first-order chi connectivity index (χ1) is 21.7. The molecular formula is C34H35FIN7O2. The quantitative estimate of drug-likeness (QED) is 0.102. The summed E-state index contributed by atoms with van der Waals surface area (Å²) < 4.78 is 27.8. The van der Waals surface area contributed by atoms with Crippen molar-refractivity contribution in [3.05, 3.63) is 87.8 Å². The highest BCUT2D eigenvalue weighted by Crippen LogP contribution is 2.34. The number of rotatable bonds is 10. The van der Waals surface area contributed by atoms with Gasteiger partial charge < -0.3 is 30.4 Å². The molecule has 45 heavy (non-hydrogen) atoms. The minimum absolute atomic E-state index is 0.182. The van der Waals surface area contributed by atoms with Gasteiger partial charge in [0, 0.05) is 50.7 Å². The molecule has 0 aliphatic carbocycles. The van der Waals surface area contributed by atoms with E-state index in [-0.39, 0.29) is 17.6 Å². The van der Waals surface area contributed by atoms with E-state index in [1.165, 1.54) is 12.1 Å². The Hall–Kier alpha value is -4.07. The van der Waals surface area contributed by atoms with E-state index in [2.05, 4.69) is 48.9 Å². The van der Waals surface area contributed by atoms with Crippen LogP contribution in [-0.2, 0) is 0 Å². The molecule has 5 N–H and O–H groups in total. The van der Waals surface area contributed by atoms with Crippen molar-refractivity contribution in [1.82, 2.24) is 25.2 Å². The maximum atomic E-state index is 14.7. The minimum atomic E-state index is -0.400. The number of likely N-dealkylation sites (N-methyl/N-ethyl adjacent to an activating group) is 1. The zero-order chi connectivity index (χ0) is 31.5. The third-order valence-electron chi connectivity index (χ3n) is 7.79. The zero-order valence-corrected chi connectivity index (χ0v) is 27.3. The average molecular weight is 720 g/mol. The summed E-state index contributed by atoms with van der Waals surface area (Å²) in [5.41, 5.74) is 11.4. The van der Waals surface area contributed by atoms with Crippen molar-refractivity contribution in [3.8, 4) is 33.8 Å². The van der Waals surface area contributed by atoms with Crippen molar-refractivity contribution in [1.29, 1.82) is 5.41 Å². The molecule has 1 saturated heterocycles. The van der Waals surface area contributed by atoms with E-state index in [0.29, 0.717) is 41.2 Å². The molecule has 1 aliphatic rings. The van der Waals surface area contributed by atoms with Crippen molar-refractivity contribution in [2.45, 2.75) is 18.9 Å². The number of hydrogen-bond acceptors (Lipinski definition) is 8. The molecule has 11 heteroatoms. The lowest BCUT2D eigenvalue weighted by molar-refractivity contribution is 0.162. The number of nitrogens with one attached hydrogen (secondary N) is 3. The van der Waals surface area contributed by atoms with Gasteiger partial charge in [-0.1, -0.05) is 0 Å². The van der Waals surface area contributed by atoms with Crippen molar-refractivity contribution >= 4 is 45.0 Å². The van der Waals surface area contributed by atoms with Crippen LogP contribution in [-0.4, -0.2) is 72.0 Å². The summed E-state index contributed by atoms with van der Waals surface area (Å²) in [6.45, 7) is 3.05. The molecule has 1 aliphatic heterocycles. The lowest BCUT2D eigenvalue weighted by atomic mass is 10.0. The van der Waals surface area contributed by atoms with E-state index in [4.69, 9.17) is 20.6 Å². The highest BCUT2D eigenvalue weighted by atomic mass is 127. The number of hydrogen-bond donors (Lipinski definition) is 4.